The molecule has 2 aliphatic heterocycles. The fourth-order valence-corrected chi connectivity index (χ4v) is 2.50. The van der Waals surface area contributed by atoms with Crippen LogP contribution in [0, 0.1) is 0 Å². The van der Waals surface area contributed by atoms with Crippen LogP contribution in [0.3, 0.4) is 0 Å². The smallest absolute Gasteiger partial charge is 0.414 e. The monoisotopic (exact) mass is 342 g/mol. The fraction of sp³-hybridized carbons (Fsp3) is 0.429. The third kappa shape index (κ3) is 3.56. The van der Waals surface area contributed by atoms with Gasteiger partial charge in [0.1, 0.15) is 12.7 Å². The van der Waals surface area contributed by atoms with Gasteiger partial charge in [0.2, 0.25) is 0 Å². The summed E-state index contributed by atoms with van der Waals surface area (Å²) >= 11 is 0. The first-order valence-electron chi connectivity index (χ1n) is 7.04. The predicted molar refractivity (Wildman–Crippen MR) is 86.6 cm³/mol. The first-order valence-corrected chi connectivity index (χ1v) is 7.04. The van der Waals surface area contributed by atoms with E-state index in [1.165, 1.54) is 4.90 Å². The van der Waals surface area contributed by atoms with Crippen molar-refractivity contribution in [1.29, 1.82) is 0 Å². The topological polar surface area (TPSA) is 111 Å². The van der Waals surface area contributed by atoms with Gasteiger partial charge in [-0.15, -0.1) is 12.4 Å². The van der Waals surface area contributed by atoms with Crippen LogP contribution in [0.5, 0.6) is 0 Å². The largest absolute Gasteiger partial charge is 0.441 e. The number of carbonyl (C=O) groups excluding carboxylic acids is 2. The normalized spacial score (nSPS) is 21.4. The molecule has 3 rings (SSSR count). The van der Waals surface area contributed by atoms with Crippen LogP contribution in [0.4, 0.5) is 16.2 Å². The minimum Gasteiger partial charge on any atom is -0.441 e. The van der Waals surface area contributed by atoms with E-state index in [1.54, 1.807) is 29.2 Å². The summed E-state index contributed by atoms with van der Waals surface area (Å²) in [5.74, 6) is -0.0752. The highest BCUT2D eigenvalue weighted by atomic mass is 35.5. The van der Waals surface area contributed by atoms with Gasteiger partial charge in [0.25, 0.3) is 5.91 Å². The Labute approximate surface area is 139 Å². The van der Waals surface area contributed by atoms with E-state index in [0.717, 1.165) is 5.69 Å². The minimum atomic E-state index is -0.709. The summed E-state index contributed by atoms with van der Waals surface area (Å²) in [4.78, 5) is 26.8. The molecule has 2 amide bonds. The molecular formula is C14H19ClN4O4. The molecule has 0 aliphatic carbocycles. The molecule has 0 radical (unpaired) electrons. The number of halogens is 1. The molecule has 2 heterocycles. The molecule has 23 heavy (non-hydrogen) atoms. The Kier molecular flexibility index (Phi) is 5.42. The van der Waals surface area contributed by atoms with Crippen molar-refractivity contribution in [3.8, 4) is 0 Å². The van der Waals surface area contributed by atoms with Crippen molar-refractivity contribution in [1.82, 2.24) is 0 Å². The number of carbonyl (C=O) groups is 2. The van der Waals surface area contributed by atoms with Gasteiger partial charge in [-0.2, -0.15) is 0 Å². The molecule has 0 unspecified atom stereocenters. The molecular weight excluding hydrogens is 324 g/mol. The lowest BCUT2D eigenvalue weighted by atomic mass is 10.2. The minimum absolute atomic E-state index is 0. The highest BCUT2D eigenvalue weighted by Crippen LogP contribution is 2.25. The predicted octanol–water partition coefficient (Wildman–Crippen LogP) is 0.0403. The third-order valence-electron chi connectivity index (χ3n) is 3.72. The number of hydrogen-bond donors (Lipinski definition) is 2. The number of benzene rings is 1. The summed E-state index contributed by atoms with van der Waals surface area (Å²) in [6.07, 6.45) is -1.70. The van der Waals surface area contributed by atoms with E-state index in [0.29, 0.717) is 25.4 Å². The van der Waals surface area contributed by atoms with Gasteiger partial charge in [0, 0.05) is 17.9 Å². The van der Waals surface area contributed by atoms with E-state index >= 15 is 0 Å². The van der Waals surface area contributed by atoms with Gasteiger partial charge in [-0.05, 0) is 24.3 Å². The Morgan fingerprint density at radius 1 is 1.09 bits per heavy atom. The Morgan fingerprint density at radius 3 is 2.22 bits per heavy atom. The maximum absolute atomic E-state index is 11.8. The Morgan fingerprint density at radius 2 is 1.70 bits per heavy atom. The highest BCUT2D eigenvalue weighted by Gasteiger charge is 2.34. The summed E-state index contributed by atoms with van der Waals surface area (Å²) in [6.45, 7) is 1.44. The van der Waals surface area contributed by atoms with Crippen LogP contribution in [0.1, 0.15) is 0 Å². The van der Waals surface area contributed by atoms with Crippen molar-refractivity contribution in [3.05, 3.63) is 24.3 Å². The van der Waals surface area contributed by atoms with E-state index in [4.69, 9.17) is 20.9 Å². The number of cyclic esters (lactones) is 1. The number of hydrogen-bond acceptors (Lipinski definition) is 6. The van der Waals surface area contributed by atoms with Gasteiger partial charge in [-0.1, -0.05) is 0 Å². The zero-order valence-corrected chi connectivity index (χ0v) is 13.2. The van der Waals surface area contributed by atoms with Crippen LogP contribution in [0.25, 0.3) is 0 Å². The van der Waals surface area contributed by atoms with Crippen molar-refractivity contribution in [2.45, 2.75) is 12.3 Å². The molecule has 2 saturated heterocycles. The molecule has 1 aromatic carbocycles. The Balaban J connectivity index is 0.00000192. The van der Waals surface area contributed by atoms with E-state index in [2.05, 4.69) is 0 Å². The van der Waals surface area contributed by atoms with Gasteiger partial charge in [0.05, 0.1) is 19.3 Å². The van der Waals surface area contributed by atoms with E-state index in [-0.39, 0.29) is 24.9 Å². The van der Waals surface area contributed by atoms with Crippen LogP contribution in [-0.4, -0.2) is 50.6 Å². The number of amides is 2. The average molecular weight is 343 g/mol. The van der Waals surface area contributed by atoms with E-state index in [9.17, 15) is 9.59 Å². The van der Waals surface area contributed by atoms with E-state index in [1.807, 2.05) is 0 Å². The van der Waals surface area contributed by atoms with Crippen LogP contribution in [-0.2, 0) is 14.3 Å². The van der Waals surface area contributed by atoms with Crippen LogP contribution < -0.4 is 21.3 Å². The summed E-state index contributed by atoms with van der Waals surface area (Å²) in [5, 5.41) is 0. The molecule has 9 heteroatoms. The number of anilines is 2. The third-order valence-corrected chi connectivity index (χ3v) is 3.72. The number of morpholine rings is 1. The maximum atomic E-state index is 11.8. The molecule has 126 valence electrons. The molecule has 0 spiro atoms. The Bertz CT molecular complexity index is 581. The molecule has 2 fully saturated rings. The highest BCUT2D eigenvalue weighted by molar-refractivity contribution is 5.95. The lowest BCUT2D eigenvalue weighted by molar-refractivity contribution is -0.125. The standard InChI is InChI=1S/C14H18N4O4.ClH/c15-13(16)11-7-18(14(20)22-11)10-3-1-9(2-4-10)17-5-6-21-8-12(17)19;/h1-4,11,13H,5-8,15-16H2;1H/t11-;/m0./s1. The second kappa shape index (κ2) is 7.14. The average Bonchev–Trinajstić information content (AvgIpc) is 2.90. The zero-order valence-electron chi connectivity index (χ0n) is 12.4. The molecule has 4 N–H and O–H groups in total. The quantitative estimate of drug-likeness (QED) is 0.750. The number of rotatable bonds is 3. The summed E-state index contributed by atoms with van der Waals surface area (Å²) in [7, 11) is 0. The van der Waals surface area contributed by atoms with Crippen LogP contribution in [0.2, 0.25) is 0 Å². The molecule has 0 aromatic heterocycles. The van der Waals surface area contributed by atoms with Crippen LogP contribution in [0.15, 0.2) is 24.3 Å². The van der Waals surface area contributed by atoms with Crippen LogP contribution >= 0.6 is 12.4 Å². The fourth-order valence-electron chi connectivity index (χ4n) is 2.50. The van der Waals surface area contributed by atoms with Gasteiger partial charge < -0.3 is 25.8 Å². The lowest BCUT2D eigenvalue weighted by Gasteiger charge is -2.27. The molecule has 2 aliphatic rings. The molecule has 0 saturated carbocycles. The second-order valence-corrected chi connectivity index (χ2v) is 5.22. The van der Waals surface area contributed by atoms with Gasteiger partial charge in [-0.3, -0.25) is 9.69 Å². The van der Waals surface area contributed by atoms with Gasteiger partial charge >= 0.3 is 6.09 Å². The SMILES string of the molecule is Cl.NC(N)[C@@H]1CN(c2ccc(N3CCOCC3=O)cc2)C(=O)O1. The molecule has 8 nitrogen and oxygen atoms in total. The van der Waals surface area contributed by atoms with Crippen molar-refractivity contribution >= 4 is 35.8 Å². The zero-order chi connectivity index (χ0) is 15.7. The number of nitrogens with two attached hydrogens (primary N) is 2. The van der Waals surface area contributed by atoms with E-state index < -0.39 is 18.4 Å². The number of ether oxygens (including phenoxy) is 2. The number of nitrogens with zero attached hydrogens (tertiary/aromatic N) is 2. The Hall–Kier alpha value is -1.87. The molecule has 0 bridgehead atoms. The molecule has 1 atom stereocenters. The molecule has 1 aromatic rings. The lowest BCUT2D eigenvalue weighted by Crippen LogP contribution is -2.44. The summed E-state index contributed by atoms with van der Waals surface area (Å²) < 4.78 is 10.2. The van der Waals surface area contributed by atoms with Crippen molar-refractivity contribution in [2.24, 2.45) is 11.5 Å². The van der Waals surface area contributed by atoms with Crippen molar-refractivity contribution < 1.29 is 19.1 Å². The van der Waals surface area contributed by atoms with Gasteiger partial charge in [0.15, 0.2) is 0 Å². The first-order chi connectivity index (χ1) is 10.6. The van der Waals surface area contributed by atoms with Gasteiger partial charge in [-0.25, -0.2) is 4.79 Å². The second-order valence-electron chi connectivity index (χ2n) is 5.22. The summed E-state index contributed by atoms with van der Waals surface area (Å²) in [6, 6.07) is 7.12. The summed E-state index contributed by atoms with van der Waals surface area (Å²) in [5.41, 5.74) is 12.6. The van der Waals surface area contributed by atoms with Crippen molar-refractivity contribution in [3.63, 3.8) is 0 Å². The van der Waals surface area contributed by atoms with Crippen molar-refractivity contribution in [2.75, 3.05) is 36.1 Å². The first kappa shape index (κ1) is 17.5. The maximum Gasteiger partial charge on any atom is 0.414 e.